The molecule has 1 N–H and O–H groups in total. The number of amides is 1. The molecule has 0 saturated carbocycles. The van der Waals surface area contributed by atoms with Crippen molar-refractivity contribution in [2.75, 3.05) is 0 Å². The van der Waals surface area contributed by atoms with Gasteiger partial charge in [-0.15, -0.1) is 22.7 Å². The zero-order chi connectivity index (χ0) is 11.4. The minimum Gasteiger partial charge on any atom is -0.349 e. The molecule has 0 unspecified atom stereocenters. The van der Waals surface area contributed by atoms with Crippen molar-refractivity contribution in [3.05, 3.63) is 44.8 Å². The van der Waals surface area contributed by atoms with E-state index < -0.39 is 0 Å². The van der Waals surface area contributed by atoms with E-state index in [1.807, 2.05) is 30.5 Å². The fraction of sp³-hybridized carbons (Fsp3) is 0.250. The van der Waals surface area contributed by atoms with Gasteiger partial charge in [0.25, 0.3) is 5.91 Å². The van der Waals surface area contributed by atoms with Crippen LogP contribution >= 0.6 is 22.7 Å². The Morgan fingerprint density at radius 3 is 2.69 bits per heavy atom. The van der Waals surface area contributed by atoms with Crippen LogP contribution in [0.15, 0.2) is 35.0 Å². The van der Waals surface area contributed by atoms with Crippen molar-refractivity contribution < 1.29 is 4.79 Å². The summed E-state index contributed by atoms with van der Waals surface area (Å²) in [7, 11) is 0. The summed E-state index contributed by atoms with van der Waals surface area (Å²) in [5.41, 5.74) is 0. The molecule has 0 bridgehead atoms. The van der Waals surface area contributed by atoms with E-state index in [9.17, 15) is 4.79 Å². The number of carbonyl (C=O) groups excluding carboxylic acids is 1. The van der Waals surface area contributed by atoms with E-state index >= 15 is 0 Å². The smallest absolute Gasteiger partial charge is 0.261 e. The van der Waals surface area contributed by atoms with Crippen LogP contribution in [0.4, 0.5) is 0 Å². The molecule has 2 heterocycles. The van der Waals surface area contributed by atoms with Crippen LogP contribution in [0, 0.1) is 0 Å². The van der Waals surface area contributed by atoms with Crippen LogP contribution in [0.3, 0.4) is 0 Å². The highest BCUT2D eigenvalue weighted by Crippen LogP contribution is 2.12. The Balaban J connectivity index is 1.88. The van der Waals surface area contributed by atoms with E-state index in [4.69, 9.17) is 0 Å². The first-order valence-electron chi connectivity index (χ1n) is 5.12. The molecule has 2 aromatic rings. The molecule has 2 nitrogen and oxygen atoms in total. The summed E-state index contributed by atoms with van der Waals surface area (Å²) in [6, 6.07) is 8.04. The number of hydrogen-bond donors (Lipinski definition) is 1. The third-order valence-corrected chi connectivity index (χ3v) is 3.98. The van der Waals surface area contributed by atoms with E-state index in [0.29, 0.717) is 0 Å². The molecule has 0 aliphatic rings. The van der Waals surface area contributed by atoms with Gasteiger partial charge in [0.1, 0.15) is 0 Å². The average Bonchev–Trinajstić information content (AvgIpc) is 2.88. The maximum absolute atomic E-state index is 11.7. The highest BCUT2D eigenvalue weighted by molar-refractivity contribution is 7.12. The Bertz CT molecular complexity index is 434. The fourth-order valence-electron chi connectivity index (χ4n) is 1.48. The average molecular weight is 251 g/mol. The van der Waals surface area contributed by atoms with Crippen molar-refractivity contribution in [1.29, 1.82) is 0 Å². The van der Waals surface area contributed by atoms with E-state index in [-0.39, 0.29) is 11.9 Å². The Kier molecular flexibility index (Phi) is 3.74. The van der Waals surface area contributed by atoms with Crippen LogP contribution in [-0.4, -0.2) is 11.9 Å². The molecule has 0 fully saturated rings. The number of hydrogen-bond acceptors (Lipinski definition) is 3. The summed E-state index contributed by atoms with van der Waals surface area (Å²) in [6.45, 7) is 2.03. The maximum atomic E-state index is 11.7. The molecule has 0 spiro atoms. The number of thiophene rings is 2. The van der Waals surface area contributed by atoms with Crippen molar-refractivity contribution >= 4 is 28.6 Å². The molecule has 16 heavy (non-hydrogen) atoms. The summed E-state index contributed by atoms with van der Waals surface area (Å²) in [4.78, 5) is 13.8. The second-order valence-electron chi connectivity index (χ2n) is 3.64. The summed E-state index contributed by atoms with van der Waals surface area (Å²) < 4.78 is 0. The molecular weight excluding hydrogens is 238 g/mol. The Labute approximate surface area is 103 Å². The Morgan fingerprint density at radius 2 is 2.06 bits per heavy atom. The van der Waals surface area contributed by atoms with Crippen LogP contribution in [-0.2, 0) is 6.42 Å². The molecule has 84 valence electrons. The van der Waals surface area contributed by atoms with Gasteiger partial charge in [-0.2, -0.15) is 0 Å². The van der Waals surface area contributed by atoms with Crippen LogP contribution in [0.1, 0.15) is 21.5 Å². The lowest BCUT2D eigenvalue weighted by Gasteiger charge is -2.11. The maximum Gasteiger partial charge on any atom is 0.261 e. The molecule has 0 aliphatic carbocycles. The summed E-state index contributed by atoms with van der Waals surface area (Å²) in [5.74, 6) is 0.0269. The molecule has 0 saturated heterocycles. The first-order valence-corrected chi connectivity index (χ1v) is 6.88. The van der Waals surface area contributed by atoms with Gasteiger partial charge in [0.2, 0.25) is 0 Å². The number of nitrogens with one attached hydrogen (secondary N) is 1. The van der Waals surface area contributed by atoms with E-state index in [1.165, 1.54) is 16.2 Å². The summed E-state index contributed by atoms with van der Waals surface area (Å²) in [6.07, 6.45) is 0.898. The van der Waals surface area contributed by atoms with Gasteiger partial charge in [-0.3, -0.25) is 4.79 Å². The monoisotopic (exact) mass is 251 g/mol. The third kappa shape index (κ3) is 2.93. The van der Waals surface area contributed by atoms with Gasteiger partial charge >= 0.3 is 0 Å². The lowest BCUT2D eigenvalue weighted by molar-refractivity contribution is 0.0944. The van der Waals surface area contributed by atoms with Crippen molar-refractivity contribution in [1.82, 2.24) is 5.32 Å². The first kappa shape index (κ1) is 11.4. The van der Waals surface area contributed by atoms with Crippen molar-refractivity contribution in [3.63, 3.8) is 0 Å². The Hall–Kier alpha value is -1.13. The first-order chi connectivity index (χ1) is 7.75. The molecule has 2 aromatic heterocycles. The van der Waals surface area contributed by atoms with Gasteiger partial charge in [0, 0.05) is 17.3 Å². The van der Waals surface area contributed by atoms with E-state index in [0.717, 1.165) is 11.3 Å². The molecule has 1 atom stereocenters. The molecule has 2 rings (SSSR count). The van der Waals surface area contributed by atoms with Gasteiger partial charge in [-0.05, 0) is 29.8 Å². The van der Waals surface area contributed by atoms with Gasteiger partial charge < -0.3 is 5.32 Å². The SMILES string of the molecule is C[C@H](Cc1cccs1)NC(=O)c1cccs1. The highest BCUT2D eigenvalue weighted by Gasteiger charge is 2.10. The third-order valence-electron chi connectivity index (χ3n) is 2.21. The van der Waals surface area contributed by atoms with Gasteiger partial charge in [-0.1, -0.05) is 12.1 Å². The lowest BCUT2D eigenvalue weighted by Crippen LogP contribution is -2.33. The predicted octanol–water partition coefficient (Wildman–Crippen LogP) is 3.17. The molecule has 0 aromatic carbocycles. The molecule has 4 heteroatoms. The molecular formula is C12H13NOS2. The topological polar surface area (TPSA) is 29.1 Å². The van der Waals surface area contributed by atoms with Gasteiger partial charge in [0.05, 0.1) is 4.88 Å². The molecule has 0 radical (unpaired) electrons. The van der Waals surface area contributed by atoms with Gasteiger partial charge in [-0.25, -0.2) is 0 Å². The zero-order valence-corrected chi connectivity index (χ0v) is 10.6. The molecule has 0 aliphatic heterocycles. The zero-order valence-electron chi connectivity index (χ0n) is 8.97. The lowest BCUT2D eigenvalue weighted by atomic mass is 10.2. The second kappa shape index (κ2) is 5.27. The van der Waals surface area contributed by atoms with Crippen molar-refractivity contribution in [2.45, 2.75) is 19.4 Å². The Morgan fingerprint density at radius 1 is 1.31 bits per heavy atom. The number of rotatable bonds is 4. The molecule has 1 amide bonds. The summed E-state index contributed by atoms with van der Waals surface area (Å²) >= 11 is 3.20. The quantitative estimate of drug-likeness (QED) is 0.888. The van der Waals surface area contributed by atoms with Crippen molar-refractivity contribution in [3.8, 4) is 0 Å². The fourth-order valence-corrected chi connectivity index (χ4v) is 2.95. The summed E-state index contributed by atoms with van der Waals surface area (Å²) in [5, 5.41) is 6.97. The highest BCUT2D eigenvalue weighted by atomic mass is 32.1. The number of carbonyl (C=O) groups is 1. The van der Waals surface area contributed by atoms with E-state index in [2.05, 4.69) is 16.8 Å². The second-order valence-corrected chi connectivity index (χ2v) is 5.62. The standard InChI is InChI=1S/C12H13NOS2/c1-9(8-10-4-2-6-15-10)13-12(14)11-5-3-7-16-11/h2-7,9H,8H2,1H3,(H,13,14)/t9-/m1/s1. The van der Waals surface area contributed by atoms with E-state index in [1.54, 1.807) is 11.3 Å². The minimum atomic E-state index is 0.0269. The van der Waals surface area contributed by atoms with Crippen LogP contribution in [0.25, 0.3) is 0 Å². The van der Waals surface area contributed by atoms with Gasteiger partial charge in [0.15, 0.2) is 0 Å². The van der Waals surface area contributed by atoms with Crippen LogP contribution < -0.4 is 5.32 Å². The largest absolute Gasteiger partial charge is 0.349 e. The normalized spacial score (nSPS) is 12.3. The van der Waals surface area contributed by atoms with Crippen LogP contribution in [0.2, 0.25) is 0 Å². The minimum absolute atomic E-state index is 0.0269. The van der Waals surface area contributed by atoms with Crippen LogP contribution in [0.5, 0.6) is 0 Å². The predicted molar refractivity (Wildman–Crippen MR) is 69.3 cm³/mol. The van der Waals surface area contributed by atoms with Crippen molar-refractivity contribution in [2.24, 2.45) is 0 Å².